The molecule has 0 radical (unpaired) electrons. The summed E-state index contributed by atoms with van der Waals surface area (Å²) in [6.07, 6.45) is 2.54. The predicted molar refractivity (Wildman–Crippen MR) is 229 cm³/mol. The Morgan fingerprint density at radius 1 is 0.898 bits per heavy atom. The van der Waals surface area contributed by atoms with Gasteiger partial charge in [0.25, 0.3) is 0 Å². The molecule has 310 valence electrons. The Kier molecular flexibility index (Phi) is 14.1. The van der Waals surface area contributed by atoms with Crippen molar-refractivity contribution in [2.24, 2.45) is 11.8 Å². The summed E-state index contributed by atoms with van der Waals surface area (Å²) in [5.74, 6) is 1.03. The van der Waals surface area contributed by atoms with Crippen LogP contribution < -0.4 is 16.2 Å². The monoisotopic (exact) mass is 801 g/mol. The summed E-state index contributed by atoms with van der Waals surface area (Å²) in [7, 11) is 1.75. The second-order valence-corrected chi connectivity index (χ2v) is 15.8. The third-order valence-electron chi connectivity index (χ3n) is 11.7. The van der Waals surface area contributed by atoms with Crippen molar-refractivity contribution in [1.29, 1.82) is 0 Å². The van der Waals surface area contributed by atoms with Crippen LogP contribution in [0, 0.1) is 11.8 Å². The Labute approximate surface area is 345 Å². The fourth-order valence-electron chi connectivity index (χ4n) is 8.51. The van der Waals surface area contributed by atoms with Gasteiger partial charge in [0.1, 0.15) is 11.9 Å². The second kappa shape index (κ2) is 20.0. The number of benzene rings is 4. The number of para-hydroxylation sites is 1. The number of nitrogens with one attached hydrogen (secondary N) is 3. The van der Waals surface area contributed by atoms with Gasteiger partial charge in [-0.2, -0.15) is 0 Å². The average Bonchev–Trinajstić information content (AvgIpc) is 3.80. The van der Waals surface area contributed by atoms with E-state index in [-0.39, 0.29) is 42.4 Å². The van der Waals surface area contributed by atoms with Crippen LogP contribution in [-0.2, 0) is 27.1 Å². The van der Waals surface area contributed by atoms with E-state index in [4.69, 9.17) is 9.47 Å². The first-order valence-corrected chi connectivity index (χ1v) is 20.7. The van der Waals surface area contributed by atoms with Gasteiger partial charge in [-0.05, 0) is 78.0 Å². The van der Waals surface area contributed by atoms with E-state index in [0.717, 1.165) is 62.1 Å². The minimum absolute atomic E-state index is 0.0110. The molecule has 0 spiro atoms. The molecule has 1 aromatic heterocycles. The van der Waals surface area contributed by atoms with Crippen molar-refractivity contribution in [3.8, 4) is 16.9 Å². The zero-order chi connectivity index (χ0) is 41.1. The minimum Gasteiger partial charge on any atom is -0.506 e. The molecule has 2 aliphatic rings. The molecule has 2 amide bonds. The number of ether oxygens (including phenoxy) is 2. The summed E-state index contributed by atoms with van der Waals surface area (Å²) >= 11 is 0. The number of hydrogen-bond acceptors (Lipinski definition) is 9. The topological polar surface area (TPSA) is 156 Å². The highest BCUT2D eigenvalue weighted by Crippen LogP contribution is 2.40. The van der Waals surface area contributed by atoms with E-state index >= 15 is 0 Å². The number of rotatable bonds is 18. The molecule has 7 rings (SSSR count). The highest BCUT2D eigenvalue weighted by molar-refractivity contribution is 5.91. The number of pyridine rings is 1. The Hall–Kier alpha value is -5.53. The van der Waals surface area contributed by atoms with Crippen molar-refractivity contribution in [1.82, 2.24) is 20.1 Å². The molecule has 2 fully saturated rings. The smallest absolute Gasteiger partial charge is 0.411 e. The fourth-order valence-corrected chi connectivity index (χ4v) is 8.51. The number of aromatic amines is 1. The molecule has 4 atom stereocenters. The number of phenolic OH excluding ortho intramolecular Hbond substituents is 1. The highest BCUT2D eigenvalue weighted by Gasteiger charge is 2.42. The molecule has 12 heteroatoms. The summed E-state index contributed by atoms with van der Waals surface area (Å²) in [4.78, 5) is 44.1. The van der Waals surface area contributed by atoms with Gasteiger partial charge in [0.05, 0.1) is 36.9 Å². The number of H-pyrrole nitrogens is 1. The number of aromatic hydroxyl groups is 1. The van der Waals surface area contributed by atoms with E-state index in [2.05, 4.69) is 44.8 Å². The number of anilines is 1. The lowest BCUT2D eigenvalue weighted by molar-refractivity contribution is -0.131. The maximum absolute atomic E-state index is 12.9. The Morgan fingerprint density at radius 3 is 2.44 bits per heavy atom. The number of aliphatic hydroxyl groups excluding tert-OH is 1. The Morgan fingerprint density at radius 2 is 1.64 bits per heavy atom. The largest absolute Gasteiger partial charge is 0.506 e. The predicted octanol–water partition coefficient (Wildman–Crippen LogP) is 6.13. The second-order valence-electron chi connectivity index (χ2n) is 15.8. The SMILES string of the molecule is CN(CCNC[C@H](O)c1ccc(O)c2[nH]c(=O)ccc12)C(=O)CCOCCc1cccc(CCN2C[C@H]3C[C@@H](OC(=O)Nc4ccccc4-c4ccccc4)C[C@H]3C2)c1. The molecular formula is C47H55N5O7. The standard InChI is InChI=1S/C47H55N5O7/c1-51(23-21-48-29-43(54)39-14-16-42(53)46-40(39)15-17-44(55)50-46)45(56)20-25-58-24-19-33-9-7-8-32(26-33)18-22-52-30-35-27-37(28-36(35)31-52)59-47(57)49-41-13-6-5-12-38(41)34-10-3-2-4-11-34/h2-17,26,35-37,43,48,53-54H,18-25,27-31H2,1H3,(H,49,57)(H,50,55)/t35-,36+,37-,43-/m0/s1. The van der Waals surface area contributed by atoms with E-state index in [9.17, 15) is 24.6 Å². The molecule has 0 unspecified atom stereocenters. The molecule has 1 saturated carbocycles. The van der Waals surface area contributed by atoms with Crippen LogP contribution in [0.25, 0.3) is 22.0 Å². The van der Waals surface area contributed by atoms with E-state index in [0.29, 0.717) is 54.6 Å². The van der Waals surface area contributed by atoms with Crippen molar-refractivity contribution < 1.29 is 29.3 Å². The lowest BCUT2D eigenvalue weighted by Crippen LogP contribution is -2.35. The van der Waals surface area contributed by atoms with Gasteiger partial charge in [-0.15, -0.1) is 0 Å². The fraction of sp³-hybridized carbons (Fsp3) is 0.383. The van der Waals surface area contributed by atoms with Gasteiger partial charge in [0, 0.05) is 63.3 Å². The average molecular weight is 802 g/mol. The molecule has 5 aromatic rings. The third kappa shape index (κ3) is 11.2. The van der Waals surface area contributed by atoms with Crippen LogP contribution in [0.2, 0.25) is 0 Å². The number of amides is 2. The number of likely N-dealkylation sites (N-methyl/N-ethyl adjacent to an activating group) is 1. The number of fused-ring (bicyclic) bond motifs is 2. The van der Waals surface area contributed by atoms with Gasteiger partial charge < -0.3 is 39.8 Å². The molecule has 1 aliphatic carbocycles. The molecule has 1 aliphatic heterocycles. The first kappa shape index (κ1) is 41.6. The Balaban J connectivity index is 0.746. The zero-order valence-electron chi connectivity index (χ0n) is 33.6. The van der Waals surface area contributed by atoms with Crippen molar-refractivity contribution in [2.75, 3.05) is 64.8 Å². The van der Waals surface area contributed by atoms with Gasteiger partial charge in [-0.25, -0.2) is 4.79 Å². The van der Waals surface area contributed by atoms with Gasteiger partial charge in [0.15, 0.2) is 0 Å². The van der Waals surface area contributed by atoms with Crippen molar-refractivity contribution in [3.05, 3.63) is 130 Å². The molecule has 5 N–H and O–H groups in total. The summed E-state index contributed by atoms with van der Waals surface area (Å²) in [5, 5.41) is 27.6. The first-order valence-electron chi connectivity index (χ1n) is 20.7. The van der Waals surface area contributed by atoms with Crippen LogP contribution in [0.5, 0.6) is 5.75 Å². The minimum atomic E-state index is -0.863. The lowest BCUT2D eigenvalue weighted by atomic mass is 10.0. The highest BCUT2D eigenvalue weighted by atomic mass is 16.6. The molecule has 1 saturated heterocycles. The summed E-state index contributed by atoms with van der Waals surface area (Å²) < 4.78 is 11.8. The molecule has 2 heterocycles. The molecule has 4 aromatic carbocycles. The van der Waals surface area contributed by atoms with Crippen LogP contribution in [-0.4, -0.2) is 103 Å². The maximum Gasteiger partial charge on any atom is 0.411 e. The molecular weight excluding hydrogens is 747 g/mol. The summed E-state index contributed by atoms with van der Waals surface area (Å²) in [5.41, 5.74) is 5.85. The van der Waals surface area contributed by atoms with Gasteiger partial charge in [-0.1, -0.05) is 78.9 Å². The van der Waals surface area contributed by atoms with E-state index < -0.39 is 6.10 Å². The van der Waals surface area contributed by atoms with E-state index in [1.165, 1.54) is 23.3 Å². The van der Waals surface area contributed by atoms with E-state index in [1.807, 2.05) is 54.6 Å². The number of carbonyl (C=O) groups is 2. The first-order chi connectivity index (χ1) is 28.7. The van der Waals surface area contributed by atoms with Crippen LogP contribution >= 0.6 is 0 Å². The number of carbonyl (C=O) groups excluding carboxylic acids is 2. The third-order valence-corrected chi connectivity index (χ3v) is 11.7. The molecule has 0 bridgehead atoms. The summed E-state index contributed by atoms with van der Waals surface area (Å²) in [6, 6.07) is 32.6. The van der Waals surface area contributed by atoms with Gasteiger partial charge in [0.2, 0.25) is 11.5 Å². The summed E-state index contributed by atoms with van der Waals surface area (Å²) in [6.45, 7) is 5.17. The number of hydrogen-bond donors (Lipinski definition) is 5. The van der Waals surface area contributed by atoms with Gasteiger partial charge >= 0.3 is 6.09 Å². The Bertz CT molecular complexity index is 2230. The van der Waals surface area contributed by atoms with Crippen LogP contribution in [0.15, 0.2) is 108 Å². The van der Waals surface area contributed by atoms with Gasteiger partial charge in [-0.3, -0.25) is 14.9 Å². The van der Waals surface area contributed by atoms with Crippen molar-refractivity contribution in [3.63, 3.8) is 0 Å². The number of aliphatic hydroxyl groups is 1. The zero-order valence-corrected chi connectivity index (χ0v) is 33.6. The number of likely N-dealkylation sites (tertiary alicyclic amines) is 1. The maximum atomic E-state index is 12.9. The van der Waals surface area contributed by atoms with Crippen LogP contribution in [0.1, 0.15) is 42.1 Å². The number of aromatic nitrogens is 1. The number of phenols is 1. The normalized spacial score (nSPS) is 18.1. The number of nitrogens with zero attached hydrogens (tertiary/aromatic N) is 2. The quantitative estimate of drug-likeness (QED) is 0.0658. The lowest BCUT2D eigenvalue weighted by Gasteiger charge is -2.20. The molecule has 12 nitrogen and oxygen atoms in total. The van der Waals surface area contributed by atoms with E-state index in [1.54, 1.807) is 24.1 Å². The molecule has 59 heavy (non-hydrogen) atoms. The van der Waals surface area contributed by atoms with Crippen LogP contribution in [0.3, 0.4) is 0 Å². The van der Waals surface area contributed by atoms with Crippen molar-refractivity contribution in [2.45, 2.75) is 44.3 Å². The van der Waals surface area contributed by atoms with Crippen LogP contribution in [0.4, 0.5) is 10.5 Å². The van der Waals surface area contributed by atoms with Crippen molar-refractivity contribution >= 4 is 28.6 Å².